The molecule has 0 fully saturated rings. The normalized spacial score (nSPS) is 13.6. The van der Waals surface area contributed by atoms with E-state index in [2.05, 4.69) is 48.3 Å². The molecule has 0 spiro atoms. The maximum atomic E-state index is 12.7. The van der Waals surface area contributed by atoms with Crippen molar-refractivity contribution in [2.24, 2.45) is 0 Å². The molecule has 0 atom stereocenters. The van der Waals surface area contributed by atoms with E-state index in [9.17, 15) is 4.79 Å². The Hall–Kier alpha value is -3.11. The van der Waals surface area contributed by atoms with Crippen molar-refractivity contribution in [2.75, 3.05) is 24.1 Å². The summed E-state index contributed by atoms with van der Waals surface area (Å²) < 4.78 is 0. The van der Waals surface area contributed by atoms with Crippen molar-refractivity contribution in [3.8, 4) is 0 Å². The smallest absolute Gasteiger partial charge is 0.257 e. The van der Waals surface area contributed by atoms with Crippen LogP contribution in [0.4, 0.5) is 11.4 Å². The zero-order valence-corrected chi connectivity index (χ0v) is 19.6. The van der Waals surface area contributed by atoms with Gasteiger partial charge in [0.1, 0.15) is 0 Å². The van der Waals surface area contributed by atoms with Crippen LogP contribution in [0, 0.1) is 27.7 Å². The molecule has 1 heterocycles. The first-order valence-electron chi connectivity index (χ1n) is 11.4. The molecule has 4 rings (SSSR count). The Labute approximate surface area is 191 Å². The molecule has 4 heteroatoms. The van der Waals surface area contributed by atoms with Gasteiger partial charge < -0.3 is 11.1 Å². The Morgan fingerprint density at radius 1 is 0.906 bits per heavy atom. The van der Waals surface area contributed by atoms with Crippen LogP contribution in [0.25, 0.3) is 0 Å². The highest BCUT2D eigenvalue weighted by Gasteiger charge is 2.17. The Morgan fingerprint density at radius 3 is 2.25 bits per heavy atom. The fourth-order valence-electron chi connectivity index (χ4n) is 4.38. The SMILES string of the molecule is Cc1cc(N)c(C(=O)Nc2ccc(CCN3CCc4cc(C)c(C)cc4C3)cc2)cc1C. The average molecular weight is 428 g/mol. The summed E-state index contributed by atoms with van der Waals surface area (Å²) in [5.41, 5.74) is 17.1. The van der Waals surface area contributed by atoms with Gasteiger partial charge in [-0.2, -0.15) is 0 Å². The highest BCUT2D eigenvalue weighted by molar-refractivity contribution is 6.08. The van der Waals surface area contributed by atoms with Crippen molar-refractivity contribution in [3.05, 3.63) is 93.0 Å². The van der Waals surface area contributed by atoms with Gasteiger partial charge in [-0.3, -0.25) is 9.69 Å². The minimum Gasteiger partial charge on any atom is -0.398 e. The lowest BCUT2D eigenvalue weighted by Gasteiger charge is -2.29. The number of rotatable bonds is 5. The lowest BCUT2D eigenvalue weighted by atomic mass is 9.94. The number of hydrogen-bond donors (Lipinski definition) is 2. The molecule has 0 bridgehead atoms. The molecule has 1 amide bonds. The molecule has 0 saturated heterocycles. The van der Waals surface area contributed by atoms with Crippen LogP contribution in [-0.4, -0.2) is 23.9 Å². The van der Waals surface area contributed by atoms with Gasteiger partial charge >= 0.3 is 0 Å². The van der Waals surface area contributed by atoms with E-state index in [1.54, 1.807) is 0 Å². The summed E-state index contributed by atoms with van der Waals surface area (Å²) in [6.07, 6.45) is 2.13. The van der Waals surface area contributed by atoms with Crippen LogP contribution in [0.5, 0.6) is 0 Å². The second-order valence-corrected chi connectivity index (χ2v) is 9.16. The van der Waals surface area contributed by atoms with E-state index in [0.29, 0.717) is 11.3 Å². The van der Waals surface area contributed by atoms with Gasteiger partial charge in [-0.15, -0.1) is 0 Å². The van der Waals surface area contributed by atoms with E-state index in [4.69, 9.17) is 5.73 Å². The van der Waals surface area contributed by atoms with Gasteiger partial charge in [-0.1, -0.05) is 24.3 Å². The maximum Gasteiger partial charge on any atom is 0.257 e. The third kappa shape index (κ3) is 4.86. The molecule has 1 aliphatic heterocycles. The molecule has 0 saturated carbocycles. The van der Waals surface area contributed by atoms with E-state index in [1.165, 1.54) is 27.8 Å². The Kier molecular flexibility index (Phi) is 6.33. The number of nitrogens with one attached hydrogen (secondary N) is 1. The van der Waals surface area contributed by atoms with Crippen LogP contribution in [0.3, 0.4) is 0 Å². The predicted octanol–water partition coefficient (Wildman–Crippen LogP) is 5.36. The molecule has 166 valence electrons. The van der Waals surface area contributed by atoms with Gasteiger partial charge in [0, 0.05) is 31.0 Å². The number of anilines is 2. The number of nitrogens with zero attached hydrogens (tertiary/aromatic N) is 1. The van der Waals surface area contributed by atoms with Crippen molar-refractivity contribution in [3.63, 3.8) is 0 Å². The summed E-state index contributed by atoms with van der Waals surface area (Å²) in [4.78, 5) is 15.2. The Morgan fingerprint density at radius 2 is 1.53 bits per heavy atom. The third-order valence-electron chi connectivity index (χ3n) is 6.75. The maximum absolute atomic E-state index is 12.7. The van der Waals surface area contributed by atoms with Gasteiger partial charge in [0.15, 0.2) is 0 Å². The highest BCUT2D eigenvalue weighted by Crippen LogP contribution is 2.23. The average Bonchev–Trinajstić information content (AvgIpc) is 2.76. The standard InChI is InChI=1S/C28H33N3O/c1-18-13-23-10-12-31(17-24(23)14-19(18)2)11-9-22-5-7-25(8-6-22)30-28(32)26-15-20(3)21(4)16-27(26)29/h5-8,13-16H,9-12,17,29H2,1-4H3,(H,30,32). The summed E-state index contributed by atoms with van der Waals surface area (Å²) in [6.45, 7) is 11.6. The molecular weight excluding hydrogens is 394 g/mol. The number of aryl methyl sites for hydroxylation is 4. The molecule has 0 unspecified atom stereocenters. The highest BCUT2D eigenvalue weighted by atomic mass is 16.1. The number of nitrogen functional groups attached to an aromatic ring is 1. The fraction of sp³-hybridized carbons (Fsp3) is 0.321. The second-order valence-electron chi connectivity index (χ2n) is 9.16. The van der Waals surface area contributed by atoms with Crippen molar-refractivity contribution in [2.45, 2.75) is 47.1 Å². The van der Waals surface area contributed by atoms with Gasteiger partial charge in [0.25, 0.3) is 5.91 Å². The fourth-order valence-corrected chi connectivity index (χ4v) is 4.38. The van der Waals surface area contributed by atoms with Gasteiger partial charge in [-0.25, -0.2) is 0 Å². The van der Waals surface area contributed by atoms with Crippen molar-refractivity contribution < 1.29 is 4.79 Å². The number of benzene rings is 3. The molecule has 0 radical (unpaired) electrons. The number of hydrogen-bond acceptors (Lipinski definition) is 3. The number of amides is 1. The van der Waals surface area contributed by atoms with Crippen LogP contribution in [0.2, 0.25) is 0 Å². The molecule has 3 aromatic carbocycles. The second kappa shape index (κ2) is 9.17. The van der Waals surface area contributed by atoms with Crippen molar-refractivity contribution in [1.29, 1.82) is 0 Å². The van der Waals surface area contributed by atoms with E-state index in [0.717, 1.165) is 49.3 Å². The molecule has 0 aromatic heterocycles. The third-order valence-corrected chi connectivity index (χ3v) is 6.75. The monoisotopic (exact) mass is 427 g/mol. The van der Waals surface area contributed by atoms with E-state index in [1.807, 2.05) is 38.1 Å². The van der Waals surface area contributed by atoms with E-state index < -0.39 is 0 Å². The largest absolute Gasteiger partial charge is 0.398 e. The summed E-state index contributed by atoms with van der Waals surface area (Å²) in [5.74, 6) is -0.170. The number of carbonyl (C=O) groups excluding carboxylic acids is 1. The topological polar surface area (TPSA) is 58.4 Å². The minimum atomic E-state index is -0.170. The Balaban J connectivity index is 1.34. The summed E-state index contributed by atoms with van der Waals surface area (Å²) >= 11 is 0. The summed E-state index contributed by atoms with van der Waals surface area (Å²) in [7, 11) is 0. The predicted molar refractivity (Wildman–Crippen MR) is 133 cm³/mol. The molecule has 32 heavy (non-hydrogen) atoms. The molecule has 1 aliphatic rings. The lowest BCUT2D eigenvalue weighted by Crippen LogP contribution is -2.32. The quantitative estimate of drug-likeness (QED) is 0.539. The zero-order chi connectivity index (χ0) is 22.8. The first-order valence-corrected chi connectivity index (χ1v) is 11.4. The molecule has 3 aromatic rings. The number of nitrogens with two attached hydrogens (primary N) is 1. The zero-order valence-electron chi connectivity index (χ0n) is 19.6. The van der Waals surface area contributed by atoms with Gasteiger partial charge in [0.2, 0.25) is 0 Å². The van der Waals surface area contributed by atoms with Gasteiger partial charge in [0.05, 0.1) is 5.56 Å². The minimum absolute atomic E-state index is 0.170. The van der Waals surface area contributed by atoms with Crippen LogP contribution in [0.15, 0.2) is 48.5 Å². The first kappa shape index (κ1) is 22.1. The van der Waals surface area contributed by atoms with Crippen LogP contribution in [0.1, 0.15) is 49.3 Å². The molecule has 3 N–H and O–H groups in total. The van der Waals surface area contributed by atoms with Crippen LogP contribution >= 0.6 is 0 Å². The number of fused-ring (bicyclic) bond motifs is 1. The summed E-state index contributed by atoms with van der Waals surface area (Å²) in [6, 6.07) is 16.6. The molecule has 0 aliphatic carbocycles. The van der Waals surface area contributed by atoms with Crippen molar-refractivity contribution >= 4 is 17.3 Å². The first-order chi connectivity index (χ1) is 15.3. The van der Waals surface area contributed by atoms with Gasteiger partial charge in [-0.05, 0) is 104 Å². The molecular formula is C28H33N3O. The lowest BCUT2D eigenvalue weighted by molar-refractivity contribution is 0.102. The summed E-state index contributed by atoms with van der Waals surface area (Å²) in [5, 5.41) is 2.97. The van der Waals surface area contributed by atoms with Crippen LogP contribution in [-0.2, 0) is 19.4 Å². The molecule has 4 nitrogen and oxygen atoms in total. The van der Waals surface area contributed by atoms with Crippen LogP contribution < -0.4 is 11.1 Å². The Bertz CT molecular complexity index is 1150. The number of carbonyl (C=O) groups is 1. The van der Waals surface area contributed by atoms with E-state index in [-0.39, 0.29) is 5.91 Å². The van der Waals surface area contributed by atoms with E-state index >= 15 is 0 Å². The van der Waals surface area contributed by atoms with Crippen molar-refractivity contribution in [1.82, 2.24) is 4.90 Å².